The zero-order chi connectivity index (χ0) is 21.1. The first-order valence-electron chi connectivity index (χ1n) is 10.2. The number of H-pyrrole nitrogens is 1. The summed E-state index contributed by atoms with van der Waals surface area (Å²) in [7, 11) is 1.60. The monoisotopic (exact) mass is 424 g/mol. The van der Waals surface area contributed by atoms with Crippen molar-refractivity contribution in [2.75, 3.05) is 7.11 Å². The Labute approximate surface area is 181 Å². The molecule has 1 aliphatic rings. The van der Waals surface area contributed by atoms with E-state index in [2.05, 4.69) is 20.3 Å². The quantitative estimate of drug-likeness (QED) is 0.601. The summed E-state index contributed by atoms with van der Waals surface area (Å²) < 4.78 is 5.33. The fourth-order valence-corrected chi connectivity index (χ4v) is 4.21. The van der Waals surface area contributed by atoms with Crippen LogP contribution < -0.4 is 10.1 Å². The second kappa shape index (κ2) is 8.48. The Morgan fingerprint density at radius 2 is 1.93 bits per heavy atom. The number of ether oxygens (including phenoxy) is 1. The summed E-state index contributed by atoms with van der Waals surface area (Å²) in [5.74, 6) is 1.05. The molecule has 6 nitrogen and oxygen atoms in total. The van der Waals surface area contributed by atoms with E-state index in [1.165, 1.54) is 6.42 Å². The highest BCUT2D eigenvalue weighted by molar-refractivity contribution is 6.30. The smallest absolute Gasteiger partial charge is 0.252 e. The minimum Gasteiger partial charge on any atom is -0.481 e. The normalized spacial score (nSPS) is 15.6. The molecule has 0 unspecified atom stereocenters. The van der Waals surface area contributed by atoms with E-state index < -0.39 is 5.54 Å². The summed E-state index contributed by atoms with van der Waals surface area (Å²) in [5, 5.41) is 3.91. The van der Waals surface area contributed by atoms with Crippen molar-refractivity contribution in [2.24, 2.45) is 0 Å². The van der Waals surface area contributed by atoms with Crippen molar-refractivity contribution in [3.63, 3.8) is 0 Å². The Hall–Kier alpha value is -2.86. The second-order valence-electron chi connectivity index (χ2n) is 7.79. The number of amides is 1. The lowest BCUT2D eigenvalue weighted by Crippen LogP contribution is -2.47. The molecule has 0 atom stereocenters. The molecule has 0 bridgehead atoms. The van der Waals surface area contributed by atoms with E-state index in [-0.39, 0.29) is 5.91 Å². The predicted octanol–water partition coefficient (Wildman–Crippen LogP) is 5.03. The van der Waals surface area contributed by atoms with Crippen molar-refractivity contribution in [1.29, 1.82) is 0 Å². The highest BCUT2D eigenvalue weighted by Gasteiger charge is 2.37. The lowest BCUT2D eigenvalue weighted by atomic mass is 9.79. The van der Waals surface area contributed by atoms with Crippen molar-refractivity contribution in [3.05, 3.63) is 64.6 Å². The third-order valence-electron chi connectivity index (χ3n) is 5.74. The molecule has 1 aliphatic carbocycles. The third kappa shape index (κ3) is 4.05. The van der Waals surface area contributed by atoms with Gasteiger partial charge in [-0.2, -0.15) is 4.98 Å². The number of aromatic nitrogens is 3. The van der Waals surface area contributed by atoms with Crippen LogP contribution in [0, 0.1) is 6.92 Å². The third-order valence-corrected chi connectivity index (χ3v) is 5.99. The van der Waals surface area contributed by atoms with Crippen molar-refractivity contribution in [1.82, 2.24) is 20.3 Å². The molecule has 30 heavy (non-hydrogen) atoms. The van der Waals surface area contributed by atoms with Crippen LogP contribution in [0.4, 0.5) is 0 Å². The van der Waals surface area contributed by atoms with Gasteiger partial charge in [0, 0.05) is 39.8 Å². The summed E-state index contributed by atoms with van der Waals surface area (Å²) in [6.45, 7) is 1.91. The molecule has 3 aromatic rings. The number of carbonyl (C=O) groups is 1. The number of rotatable bonds is 5. The van der Waals surface area contributed by atoms with Crippen LogP contribution in [-0.4, -0.2) is 28.0 Å². The average molecular weight is 425 g/mol. The number of benzene rings is 1. The van der Waals surface area contributed by atoms with Gasteiger partial charge in [0.1, 0.15) is 0 Å². The van der Waals surface area contributed by atoms with E-state index in [1.807, 2.05) is 19.2 Å². The molecule has 1 saturated carbocycles. The Morgan fingerprint density at radius 1 is 1.20 bits per heavy atom. The van der Waals surface area contributed by atoms with Crippen molar-refractivity contribution in [2.45, 2.75) is 44.6 Å². The van der Waals surface area contributed by atoms with Crippen molar-refractivity contribution in [3.8, 4) is 17.3 Å². The number of nitrogens with zero attached hydrogens (tertiary/aromatic N) is 2. The largest absolute Gasteiger partial charge is 0.481 e. The summed E-state index contributed by atoms with van der Waals surface area (Å²) in [6, 6.07) is 9.01. The number of aryl methyl sites for hydroxylation is 1. The number of nitrogens with one attached hydrogen (secondary N) is 2. The van der Waals surface area contributed by atoms with E-state index in [9.17, 15) is 4.79 Å². The van der Waals surface area contributed by atoms with E-state index >= 15 is 0 Å². The minimum absolute atomic E-state index is 0.0991. The Morgan fingerprint density at radius 3 is 2.63 bits per heavy atom. The fraction of sp³-hybridized carbons (Fsp3) is 0.348. The molecular formula is C23H25ClN4O2. The summed E-state index contributed by atoms with van der Waals surface area (Å²) >= 11 is 5.97. The molecule has 2 N–H and O–H groups in total. The number of aromatic amines is 1. The lowest BCUT2D eigenvalue weighted by molar-refractivity contribution is 0.0863. The number of hydrogen-bond acceptors (Lipinski definition) is 4. The van der Waals surface area contributed by atoms with Gasteiger partial charge in [-0.05, 0) is 50.1 Å². The summed E-state index contributed by atoms with van der Waals surface area (Å²) in [4.78, 5) is 25.3. The Balaban J connectivity index is 1.64. The van der Waals surface area contributed by atoms with Crippen LogP contribution >= 0.6 is 11.6 Å². The molecule has 2 aromatic heterocycles. The van der Waals surface area contributed by atoms with Gasteiger partial charge in [-0.15, -0.1) is 0 Å². The first-order chi connectivity index (χ1) is 14.5. The van der Waals surface area contributed by atoms with Crippen LogP contribution in [0.5, 0.6) is 5.88 Å². The van der Waals surface area contributed by atoms with Crippen LogP contribution in [0.1, 0.15) is 53.7 Å². The van der Waals surface area contributed by atoms with Gasteiger partial charge < -0.3 is 15.0 Å². The summed E-state index contributed by atoms with van der Waals surface area (Å²) in [5.41, 5.74) is 2.89. The topological polar surface area (TPSA) is 79.9 Å². The van der Waals surface area contributed by atoms with Crippen molar-refractivity contribution >= 4 is 17.5 Å². The second-order valence-corrected chi connectivity index (χ2v) is 8.23. The maximum Gasteiger partial charge on any atom is 0.252 e. The van der Waals surface area contributed by atoms with Gasteiger partial charge in [0.05, 0.1) is 12.6 Å². The van der Waals surface area contributed by atoms with E-state index in [4.69, 9.17) is 16.3 Å². The molecule has 0 saturated heterocycles. The number of methoxy groups -OCH3 is 1. The maximum atomic E-state index is 13.0. The Kier molecular flexibility index (Phi) is 5.77. The molecule has 1 aromatic carbocycles. The van der Waals surface area contributed by atoms with Gasteiger partial charge >= 0.3 is 0 Å². The average Bonchev–Trinajstić information content (AvgIpc) is 3.26. The SMILES string of the molecule is COc1nc(-c2c[nH]c(C3(NC(=O)c4ccc(Cl)cc4)CCCCC3)c2)ncc1C. The van der Waals surface area contributed by atoms with Gasteiger partial charge in [0.2, 0.25) is 5.88 Å². The van der Waals surface area contributed by atoms with Gasteiger partial charge in [-0.3, -0.25) is 4.79 Å². The van der Waals surface area contributed by atoms with Crippen molar-refractivity contribution < 1.29 is 9.53 Å². The zero-order valence-electron chi connectivity index (χ0n) is 17.2. The number of hydrogen-bond donors (Lipinski definition) is 2. The van der Waals surface area contributed by atoms with Crippen LogP contribution in [-0.2, 0) is 5.54 Å². The van der Waals surface area contributed by atoms with E-state index in [1.54, 1.807) is 37.6 Å². The Bertz CT molecular complexity index is 1040. The van der Waals surface area contributed by atoms with Gasteiger partial charge in [0.25, 0.3) is 5.91 Å². The molecule has 1 amide bonds. The van der Waals surface area contributed by atoms with E-state index in [0.717, 1.165) is 42.5 Å². The van der Waals surface area contributed by atoms with Crippen LogP contribution in [0.25, 0.3) is 11.4 Å². The van der Waals surface area contributed by atoms with Gasteiger partial charge in [-0.25, -0.2) is 4.98 Å². The van der Waals surface area contributed by atoms with Gasteiger partial charge in [-0.1, -0.05) is 30.9 Å². The van der Waals surface area contributed by atoms with Gasteiger partial charge in [0.15, 0.2) is 5.82 Å². The fourth-order valence-electron chi connectivity index (χ4n) is 4.08. The summed E-state index contributed by atoms with van der Waals surface area (Å²) in [6.07, 6.45) is 8.70. The molecule has 0 aliphatic heterocycles. The number of carbonyl (C=O) groups excluding carboxylic acids is 1. The molecule has 7 heteroatoms. The van der Waals surface area contributed by atoms with E-state index in [0.29, 0.717) is 22.3 Å². The highest BCUT2D eigenvalue weighted by atomic mass is 35.5. The van der Waals surface area contributed by atoms with Crippen LogP contribution in [0.3, 0.4) is 0 Å². The molecule has 156 valence electrons. The molecule has 0 radical (unpaired) electrons. The molecule has 0 spiro atoms. The predicted molar refractivity (Wildman–Crippen MR) is 117 cm³/mol. The standard InChI is InChI=1S/C23H25ClN4O2/c1-15-13-26-20(27-22(15)30-2)17-12-19(25-14-17)23(10-4-3-5-11-23)28-21(29)16-6-8-18(24)9-7-16/h6-9,12-14,25H,3-5,10-11H2,1-2H3,(H,28,29). The molecular weight excluding hydrogens is 400 g/mol. The zero-order valence-corrected chi connectivity index (χ0v) is 17.9. The first kappa shape index (κ1) is 20.4. The first-order valence-corrected chi connectivity index (χ1v) is 10.5. The number of halogens is 1. The molecule has 2 heterocycles. The highest BCUT2D eigenvalue weighted by Crippen LogP contribution is 2.38. The lowest BCUT2D eigenvalue weighted by Gasteiger charge is -2.37. The van der Waals surface area contributed by atoms with Crippen LogP contribution in [0.15, 0.2) is 42.7 Å². The minimum atomic E-state index is -0.442. The molecule has 1 fully saturated rings. The maximum absolute atomic E-state index is 13.0. The van der Waals surface area contributed by atoms with Crippen LogP contribution in [0.2, 0.25) is 5.02 Å². The molecule has 4 rings (SSSR count).